The van der Waals surface area contributed by atoms with Gasteiger partial charge in [0, 0.05) is 47.7 Å². The van der Waals surface area contributed by atoms with E-state index >= 15 is 0 Å². The van der Waals surface area contributed by atoms with E-state index in [1.807, 2.05) is 20.8 Å². The minimum Gasteiger partial charge on any atom is -0.462 e. The maximum Gasteiger partial charge on any atom is 0.308 e. The summed E-state index contributed by atoms with van der Waals surface area (Å²) in [6.45, 7) is 19.8. The number of ether oxygens (including phenoxy) is 2. The molecule has 0 bridgehead atoms. The molecule has 4 aliphatic carbocycles. The molecule has 6 heteroatoms. The highest BCUT2D eigenvalue weighted by molar-refractivity contribution is 6.18. The Labute approximate surface area is 240 Å². The number of carbonyl (C=O) groups is 4. The molecule has 6 atom stereocenters. The Hall–Kier alpha value is -2.24. The summed E-state index contributed by atoms with van der Waals surface area (Å²) in [6.07, 6.45) is 6.32. The molecule has 0 aromatic heterocycles. The van der Waals surface area contributed by atoms with Crippen LogP contribution in [0.1, 0.15) is 121 Å². The summed E-state index contributed by atoms with van der Waals surface area (Å²) in [5.41, 5.74) is -0.623. The number of hydrogen-bond donors (Lipinski definition) is 0. The topological polar surface area (TPSA) is 86.7 Å². The van der Waals surface area contributed by atoms with E-state index in [1.165, 1.54) is 26.7 Å². The van der Waals surface area contributed by atoms with Gasteiger partial charge in [0.15, 0.2) is 11.5 Å². The third-order valence-corrected chi connectivity index (χ3v) is 11.4. The molecular formula is C34H50O6. The number of ketones is 2. The molecule has 0 N–H and O–H groups in total. The molecule has 0 heterocycles. The first-order valence-corrected chi connectivity index (χ1v) is 15.4. The van der Waals surface area contributed by atoms with Gasteiger partial charge >= 0.3 is 11.9 Å². The van der Waals surface area contributed by atoms with Gasteiger partial charge in [-0.25, -0.2) is 0 Å². The van der Waals surface area contributed by atoms with Crippen LogP contribution in [0.4, 0.5) is 0 Å². The molecule has 0 spiro atoms. The fourth-order valence-corrected chi connectivity index (χ4v) is 9.39. The summed E-state index contributed by atoms with van der Waals surface area (Å²) >= 11 is 0. The van der Waals surface area contributed by atoms with Crippen molar-refractivity contribution in [3.63, 3.8) is 0 Å². The zero-order valence-corrected chi connectivity index (χ0v) is 26.4. The van der Waals surface area contributed by atoms with E-state index in [0.717, 1.165) is 19.3 Å². The van der Waals surface area contributed by atoms with E-state index in [0.29, 0.717) is 53.7 Å². The van der Waals surface area contributed by atoms with Crippen molar-refractivity contribution < 1.29 is 28.7 Å². The van der Waals surface area contributed by atoms with Crippen molar-refractivity contribution in [3.8, 4) is 0 Å². The van der Waals surface area contributed by atoms with Gasteiger partial charge in [-0.2, -0.15) is 0 Å². The lowest BCUT2D eigenvalue weighted by molar-refractivity contribution is -0.155. The van der Waals surface area contributed by atoms with E-state index in [9.17, 15) is 19.2 Å². The maximum atomic E-state index is 14.6. The summed E-state index contributed by atoms with van der Waals surface area (Å²) in [5, 5.41) is 0. The molecule has 0 aromatic carbocycles. The molecule has 4 aliphatic rings. The lowest BCUT2D eigenvalue weighted by atomic mass is 9.45. The van der Waals surface area contributed by atoms with Crippen LogP contribution in [0.15, 0.2) is 22.5 Å². The number of fused-ring (bicyclic) bond motifs is 4. The summed E-state index contributed by atoms with van der Waals surface area (Å²) in [5.74, 6) is 0.260. The van der Waals surface area contributed by atoms with Crippen LogP contribution in [0, 0.1) is 39.4 Å². The van der Waals surface area contributed by atoms with Gasteiger partial charge in [-0.05, 0) is 54.4 Å². The van der Waals surface area contributed by atoms with Crippen LogP contribution in [-0.4, -0.2) is 29.6 Å². The summed E-state index contributed by atoms with van der Waals surface area (Å²) in [4.78, 5) is 53.4. The minimum atomic E-state index is -0.803. The number of Topliss-reactive ketones (excluding diaryl/α,β-unsaturated/α-hetero) is 2. The monoisotopic (exact) mass is 554 g/mol. The van der Waals surface area contributed by atoms with Crippen molar-refractivity contribution in [3.05, 3.63) is 22.5 Å². The van der Waals surface area contributed by atoms with Crippen LogP contribution in [-0.2, 0) is 28.7 Å². The Morgan fingerprint density at radius 2 is 1.55 bits per heavy atom. The van der Waals surface area contributed by atoms with Gasteiger partial charge in [0.1, 0.15) is 6.10 Å². The summed E-state index contributed by atoms with van der Waals surface area (Å²) in [6, 6.07) is 0. The Morgan fingerprint density at radius 1 is 0.900 bits per heavy atom. The normalized spacial score (nSPS) is 35.8. The highest BCUT2D eigenvalue weighted by atomic mass is 16.5. The van der Waals surface area contributed by atoms with Gasteiger partial charge in [-0.3, -0.25) is 19.2 Å². The molecule has 222 valence electrons. The van der Waals surface area contributed by atoms with E-state index < -0.39 is 34.3 Å². The quantitative estimate of drug-likeness (QED) is 0.307. The van der Waals surface area contributed by atoms with Crippen molar-refractivity contribution >= 4 is 23.5 Å². The smallest absolute Gasteiger partial charge is 0.308 e. The largest absolute Gasteiger partial charge is 0.462 e. The van der Waals surface area contributed by atoms with Gasteiger partial charge in [0.2, 0.25) is 5.78 Å². The average molecular weight is 555 g/mol. The molecule has 0 radical (unpaired) electrons. The number of allylic oxidation sites excluding steroid dienone is 2. The van der Waals surface area contributed by atoms with Crippen molar-refractivity contribution in [2.45, 2.75) is 127 Å². The van der Waals surface area contributed by atoms with E-state index in [4.69, 9.17) is 9.47 Å². The predicted octanol–water partition coefficient (Wildman–Crippen LogP) is 7.30. The predicted molar refractivity (Wildman–Crippen MR) is 154 cm³/mol. The first kappa shape index (κ1) is 30.7. The van der Waals surface area contributed by atoms with Crippen molar-refractivity contribution in [1.82, 2.24) is 0 Å². The maximum absolute atomic E-state index is 14.6. The van der Waals surface area contributed by atoms with Crippen molar-refractivity contribution in [2.75, 3.05) is 0 Å². The van der Waals surface area contributed by atoms with Crippen LogP contribution in [0.25, 0.3) is 0 Å². The fourth-order valence-electron chi connectivity index (χ4n) is 9.39. The number of esters is 2. The highest BCUT2D eigenvalue weighted by Gasteiger charge is 2.67. The van der Waals surface area contributed by atoms with Crippen LogP contribution >= 0.6 is 0 Å². The van der Waals surface area contributed by atoms with E-state index in [-0.39, 0.29) is 22.7 Å². The molecule has 40 heavy (non-hydrogen) atoms. The lowest BCUT2D eigenvalue weighted by Gasteiger charge is -2.58. The van der Waals surface area contributed by atoms with Gasteiger partial charge in [-0.1, -0.05) is 74.7 Å². The molecule has 0 aliphatic heterocycles. The molecule has 2 fully saturated rings. The first-order valence-electron chi connectivity index (χ1n) is 15.4. The van der Waals surface area contributed by atoms with Gasteiger partial charge in [-0.15, -0.1) is 0 Å². The van der Waals surface area contributed by atoms with Crippen LogP contribution < -0.4 is 0 Å². The van der Waals surface area contributed by atoms with Crippen molar-refractivity contribution in [1.29, 1.82) is 0 Å². The molecule has 6 nitrogen and oxygen atoms in total. The summed E-state index contributed by atoms with van der Waals surface area (Å²) < 4.78 is 11.5. The van der Waals surface area contributed by atoms with Gasteiger partial charge in [0.05, 0.1) is 0 Å². The molecular weight excluding hydrogens is 504 g/mol. The third kappa shape index (κ3) is 4.52. The Morgan fingerprint density at radius 3 is 2.12 bits per heavy atom. The third-order valence-electron chi connectivity index (χ3n) is 11.4. The minimum absolute atomic E-state index is 0.0438. The van der Waals surface area contributed by atoms with Gasteiger partial charge in [0.25, 0.3) is 0 Å². The van der Waals surface area contributed by atoms with Crippen LogP contribution in [0.5, 0.6) is 0 Å². The second-order valence-electron chi connectivity index (χ2n) is 14.9. The van der Waals surface area contributed by atoms with E-state index in [2.05, 4.69) is 34.6 Å². The first-order chi connectivity index (χ1) is 18.4. The zero-order chi connectivity index (χ0) is 30.0. The SMILES string of the molecule is CC(=O)OC1=C2C(C)(C)[C@@H](OC(C)=O)CC[C@]2(C)C2=C(C1=O)[C@]1(C)CC[C@H]([C@@H](C)CCCC(C)C)[C@@]1(C)CC2=O. The molecule has 0 amide bonds. The van der Waals surface area contributed by atoms with Crippen LogP contribution in [0.3, 0.4) is 0 Å². The number of rotatable bonds is 7. The second-order valence-corrected chi connectivity index (χ2v) is 14.9. The zero-order valence-electron chi connectivity index (χ0n) is 26.4. The highest BCUT2D eigenvalue weighted by Crippen LogP contribution is 2.71. The van der Waals surface area contributed by atoms with E-state index in [1.54, 1.807) is 0 Å². The Balaban J connectivity index is 1.85. The standard InChI is InChI=1S/C34H50O6/c1-19(2)12-11-13-20(3)23-14-17-33(9)27-26(24(37)18-34(23,33)10)32(8)16-15-25(39-21(4)35)31(6,7)30(32)29(28(27)38)40-22(5)36/h19-20,23,25H,11-18H2,1-10H3/t20-,23+,25-,32+,33-,34+/m0/s1. The molecule has 0 unspecified atom stereocenters. The fraction of sp³-hybridized carbons (Fsp3) is 0.765. The molecule has 0 aromatic rings. The average Bonchev–Trinajstić information content (AvgIpc) is 3.08. The van der Waals surface area contributed by atoms with Crippen LogP contribution in [0.2, 0.25) is 0 Å². The number of hydrogen-bond acceptors (Lipinski definition) is 6. The molecule has 4 rings (SSSR count). The molecule has 2 saturated carbocycles. The Bertz CT molecular complexity index is 1190. The summed E-state index contributed by atoms with van der Waals surface area (Å²) in [7, 11) is 0. The molecule has 0 saturated heterocycles. The Kier molecular flexibility index (Phi) is 7.86. The number of carbonyl (C=O) groups excluding carboxylic acids is 4. The lowest BCUT2D eigenvalue weighted by Crippen LogP contribution is -2.56. The second kappa shape index (κ2) is 10.2. The van der Waals surface area contributed by atoms with Gasteiger partial charge < -0.3 is 9.47 Å². The van der Waals surface area contributed by atoms with Crippen molar-refractivity contribution in [2.24, 2.45) is 39.4 Å².